The minimum Gasteiger partial charge on any atom is -0.380 e. The molecular weight excluding hydrogens is 202 g/mol. The third kappa shape index (κ3) is 4.66. The lowest BCUT2D eigenvalue weighted by molar-refractivity contribution is 0.132. The summed E-state index contributed by atoms with van der Waals surface area (Å²) in [6, 6.07) is 0. The van der Waals surface area contributed by atoms with Crippen LogP contribution in [0.2, 0.25) is 0 Å². The number of rotatable bonds is 7. The van der Waals surface area contributed by atoms with Crippen molar-refractivity contribution in [1.29, 1.82) is 0 Å². The van der Waals surface area contributed by atoms with E-state index in [9.17, 15) is 0 Å². The van der Waals surface area contributed by atoms with E-state index in [1.165, 1.54) is 0 Å². The Morgan fingerprint density at radius 2 is 2.19 bits per heavy atom. The number of nitrogens with zero attached hydrogens (tertiary/aromatic N) is 2. The topological polar surface area (TPSA) is 39.1 Å². The van der Waals surface area contributed by atoms with Gasteiger partial charge in [-0.15, -0.1) is 0 Å². The predicted octanol–water partition coefficient (Wildman–Crippen LogP) is 2.20. The van der Waals surface area contributed by atoms with Gasteiger partial charge in [-0.25, -0.2) is 0 Å². The summed E-state index contributed by atoms with van der Waals surface area (Å²) in [7, 11) is 1.93. The zero-order valence-electron chi connectivity index (χ0n) is 10.8. The first-order valence-corrected chi connectivity index (χ1v) is 5.91. The normalized spacial score (nSPS) is 11.1. The summed E-state index contributed by atoms with van der Waals surface area (Å²) in [5.74, 6) is 0.716. The molecule has 0 aliphatic carbocycles. The Labute approximate surface area is 98.0 Å². The number of hydrogen-bond donors (Lipinski definition) is 1. The van der Waals surface area contributed by atoms with Crippen LogP contribution in [-0.4, -0.2) is 29.5 Å². The van der Waals surface area contributed by atoms with E-state index < -0.39 is 0 Å². The molecule has 0 unspecified atom stereocenters. The number of hydrogen-bond acceptors (Lipinski definition) is 3. The van der Waals surface area contributed by atoms with E-state index in [4.69, 9.17) is 4.74 Å². The third-order valence-electron chi connectivity index (χ3n) is 2.41. The maximum Gasteiger partial charge on any atom is 0.0824 e. The van der Waals surface area contributed by atoms with E-state index in [-0.39, 0.29) is 0 Å². The molecule has 0 saturated carbocycles. The van der Waals surface area contributed by atoms with Crippen LogP contribution < -0.4 is 5.32 Å². The van der Waals surface area contributed by atoms with E-state index in [0.717, 1.165) is 37.6 Å². The number of aryl methyl sites for hydroxylation is 2. The minimum atomic E-state index is 0.716. The summed E-state index contributed by atoms with van der Waals surface area (Å²) < 4.78 is 7.34. The molecule has 0 saturated heterocycles. The Hall–Kier alpha value is -1.03. The van der Waals surface area contributed by atoms with Crippen molar-refractivity contribution in [2.45, 2.75) is 27.2 Å². The van der Waals surface area contributed by atoms with Gasteiger partial charge in [-0.05, 0) is 19.3 Å². The Morgan fingerprint density at radius 3 is 2.75 bits per heavy atom. The van der Waals surface area contributed by atoms with Crippen LogP contribution in [0.25, 0.3) is 0 Å². The average Bonchev–Trinajstić information content (AvgIpc) is 2.50. The Balaban J connectivity index is 2.09. The van der Waals surface area contributed by atoms with Crippen LogP contribution >= 0.6 is 0 Å². The summed E-state index contributed by atoms with van der Waals surface area (Å²) in [6.07, 6.45) is 3.12. The first-order chi connectivity index (χ1) is 7.59. The van der Waals surface area contributed by atoms with Crippen LogP contribution in [-0.2, 0) is 11.8 Å². The molecule has 4 nitrogen and oxygen atoms in total. The smallest absolute Gasteiger partial charge is 0.0824 e. The molecule has 16 heavy (non-hydrogen) atoms. The molecule has 0 amide bonds. The molecule has 0 fully saturated rings. The van der Waals surface area contributed by atoms with Gasteiger partial charge in [0.25, 0.3) is 0 Å². The van der Waals surface area contributed by atoms with E-state index in [2.05, 4.69) is 24.3 Å². The summed E-state index contributed by atoms with van der Waals surface area (Å²) in [6.45, 7) is 8.86. The highest BCUT2D eigenvalue weighted by Gasteiger charge is 2.01. The Morgan fingerprint density at radius 1 is 1.44 bits per heavy atom. The fraction of sp³-hybridized carbons (Fsp3) is 0.750. The summed E-state index contributed by atoms with van der Waals surface area (Å²) in [5.41, 5.74) is 2.12. The molecule has 1 rings (SSSR count). The molecule has 0 aliphatic heterocycles. The highest BCUT2D eigenvalue weighted by Crippen LogP contribution is 2.10. The van der Waals surface area contributed by atoms with E-state index in [1.807, 2.05) is 24.9 Å². The Bertz CT molecular complexity index is 307. The maximum absolute atomic E-state index is 5.52. The van der Waals surface area contributed by atoms with Gasteiger partial charge in [0.2, 0.25) is 0 Å². The van der Waals surface area contributed by atoms with E-state index in [0.29, 0.717) is 5.92 Å². The molecule has 0 aromatic carbocycles. The fourth-order valence-electron chi connectivity index (χ4n) is 1.45. The molecule has 0 radical (unpaired) electrons. The van der Waals surface area contributed by atoms with Crippen LogP contribution in [0.15, 0.2) is 6.20 Å². The molecule has 1 aromatic rings. The molecule has 0 spiro atoms. The number of anilines is 1. The first kappa shape index (κ1) is 13.0. The van der Waals surface area contributed by atoms with Gasteiger partial charge >= 0.3 is 0 Å². The highest BCUT2D eigenvalue weighted by molar-refractivity contribution is 5.45. The first-order valence-electron chi connectivity index (χ1n) is 5.91. The number of aromatic nitrogens is 2. The van der Waals surface area contributed by atoms with Gasteiger partial charge in [-0.2, -0.15) is 5.10 Å². The molecule has 0 bridgehead atoms. The van der Waals surface area contributed by atoms with Crippen molar-refractivity contribution in [3.63, 3.8) is 0 Å². The Kier molecular flexibility index (Phi) is 5.32. The van der Waals surface area contributed by atoms with Crippen molar-refractivity contribution in [2.24, 2.45) is 13.0 Å². The zero-order chi connectivity index (χ0) is 12.0. The molecule has 0 atom stereocenters. The fourth-order valence-corrected chi connectivity index (χ4v) is 1.45. The zero-order valence-corrected chi connectivity index (χ0v) is 10.8. The van der Waals surface area contributed by atoms with E-state index in [1.54, 1.807) is 0 Å². The third-order valence-corrected chi connectivity index (χ3v) is 2.41. The second-order valence-corrected chi connectivity index (χ2v) is 4.52. The number of nitrogens with one attached hydrogen (secondary N) is 1. The monoisotopic (exact) mass is 225 g/mol. The van der Waals surface area contributed by atoms with Crippen LogP contribution in [0.1, 0.15) is 26.0 Å². The van der Waals surface area contributed by atoms with Gasteiger partial charge in [-0.1, -0.05) is 13.8 Å². The molecule has 4 heteroatoms. The summed E-state index contributed by atoms with van der Waals surface area (Å²) >= 11 is 0. The largest absolute Gasteiger partial charge is 0.380 e. The quantitative estimate of drug-likeness (QED) is 0.723. The molecule has 0 aliphatic rings. The van der Waals surface area contributed by atoms with Crippen molar-refractivity contribution < 1.29 is 4.74 Å². The number of ether oxygens (including phenoxy) is 1. The lowest BCUT2D eigenvalue weighted by Crippen LogP contribution is -2.11. The average molecular weight is 225 g/mol. The second-order valence-electron chi connectivity index (χ2n) is 4.52. The summed E-state index contributed by atoms with van der Waals surface area (Å²) in [5, 5.41) is 7.58. The van der Waals surface area contributed by atoms with Crippen molar-refractivity contribution in [3.8, 4) is 0 Å². The predicted molar refractivity (Wildman–Crippen MR) is 66.7 cm³/mol. The van der Waals surface area contributed by atoms with Crippen molar-refractivity contribution in [3.05, 3.63) is 11.9 Å². The lowest BCUT2D eigenvalue weighted by Gasteiger charge is -2.07. The van der Waals surface area contributed by atoms with Gasteiger partial charge < -0.3 is 10.1 Å². The summed E-state index contributed by atoms with van der Waals surface area (Å²) in [4.78, 5) is 0. The van der Waals surface area contributed by atoms with Gasteiger partial charge in [0, 0.05) is 26.4 Å². The van der Waals surface area contributed by atoms with Gasteiger partial charge in [0.15, 0.2) is 0 Å². The maximum atomic E-state index is 5.52. The standard InChI is InChI=1S/C12H23N3O/c1-10(2)5-7-16-8-6-13-12-9-15(4)14-11(12)3/h9-10,13H,5-8H2,1-4H3. The van der Waals surface area contributed by atoms with Crippen molar-refractivity contribution >= 4 is 5.69 Å². The molecule has 1 aromatic heterocycles. The van der Waals surface area contributed by atoms with Gasteiger partial charge in [0.05, 0.1) is 18.0 Å². The van der Waals surface area contributed by atoms with E-state index >= 15 is 0 Å². The second kappa shape index (κ2) is 6.53. The molecule has 1 N–H and O–H groups in total. The van der Waals surface area contributed by atoms with Crippen molar-refractivity contribution in [2.75, 3.05) is 25.1 Å². The van der Waals surface area contributed by atoms with Crippen molar-refractivity contribution in [1.82, 2.24) is 9.78 Å². The minimum absolute atomic E-state index is 0.716. The van der Waals surface area contributed by atoms with Gasteiger partial charge in [-0.3, -0.25) is 4.68 Å². The molecular formula is C12H23N3O. The van der Waals surface area contributed by atoms with Gasteiger partial charge in [0.1, 0.15) is 0 Å². The molecule has 1 heterocycles. The molecule has 92 valence electrons. The van der Waals surface area contributed by atoms with Crippen LogP contribution in [0, 0.1) is 12.8 Å². The van der Waals surface area contributed by atoms with Crippen LogP contribution in [0.5, 0.6) is 0 Å². The van der Waals surface area contributed by atoms with Crippen LogP contribution in [0.3, 0.4) is 0 Å². The SMILES string of the molecule is Cc1nn(C)cc1NCCOCCC(C)C. The lowest BCUT2D eigenvalue weighted by atomic mass is 10.1. The van der Waals surface area contributed by atoms with Crippen LogP contribution in [0.4, 0.5) is 5.69 Å². The highest BCUT2D eigenvalue weighted by atomic mass is 16.5.